The maximum atomic E-state index is 13.0. The Morgan fingerprint density at radius 3 is 2.47 bits per heavy atom. The van der Waals surface area contributed by atoms with E-state index in [0.717, 1.165) is 19.3 Å². The number of amides is 2. The van der Waals surface area contributed by atoms with Crippen LogP contribution in [0, 0.1) is 11.8 Å². The van der Waals surface area contributed by atoms with E-state index in [0.29, 0.717) is 49.5 Å². The van der Waals surface area contributed by atoms with Crippen molar-refractivity contribution in [1.82, 2.24) is 9.21 Å². The second-order valence-corrected chi connectivity index (χ2v) is 10.7. The lowest BCUT2D eigenvalue weighted by Gasteiger charge is -2.37. The van der Waals surface area contributed by atoms with Crippen molar-refractivity contribution in [2.45, 2.75) is 38.0 Å². The molecule has 0 unspecified atom stereocenters. The van der Waals surface area contributed by atoms with E-state index >= 15 is 0 Å². The van der Waals surface area contributed by atoms with E-state index in [2.05, 4.69) is 13.8 Å². The topological polar surface area (TPSA) is 87.2 Å². The molecule has 3 heterocycles. The molecule has 30 heavy (non-hydrogen) atoms. The number of hydrogen-bond donors (Lipinski definition) is 0. The number of piperidine rings is 1. The van der Waals surface area contributed by atoms with Gasteiger partial charge in [0.25, 0.3) is 5.91 Å². The van der Waals surface area contributed by atoms with Crippen LogP contribution < -0.4 is 9.64 Å². The van der Waals surface area contributed by atoms with E-state index in [1.54, 1.807) is 6.07 Å². The minimum atomic E-state index is -3.63. The summed E-state index contributed by atoms with van der Waals surface area (Å²) in [6, 6.07) is 4.55. The zero-order chi connectivity index (χ0) is 21.5. The number of likely N-dealkylation sites (tertiary alicyclic amines) is 1. The SMILES string of the molecule is C[C@H]1C[C@H](C)CN(C(=O)CN2C(=O)COc3ccc(S(=O)(=O)N4CCCC4)cc32)C1. The smallest absolute Gasteiger partial charge is 0.265 e. The number of ether oxygens (including phenoxy) is 1. The van der Waals surface area contributed by atoms with Crippen LogP contribution in [0.1, 0.15) is 33.1 Å². The first-order chi connectivity index (χ1) is 14.3. The molecule has 1 aromatic rings. The lowest BCUT2D eigenvalue weighted by molar-refractivity contribution is -0.134. The molecule has 0 N–H and O–H groups in total. The third-order valence-electron chi connectivity index (χ3n) is 6.09. The van der Waals surface area contributed by atoms with Crippen LogP contribution in [-0.2, 0) is 19.6 Å². The molecule has 0 spiro atoms. The van der Waals surface area contributed by atoms with Crippen LogP contribution in [0.15, 0.2) is 23.1 Å². The van der Waals surface area contributed by atoms with Crippen molar-refractivity contribution in [3.63, 3.8) is 0 Å². The first kappa shape index (κ1) is 21.1. The van der Waals surface area contributed by atoms with Gasteiger partial charge in [0.1, 0.15) is 12.3 Å². The van der Waals surface area contributed by atoms with Gasteiger partial charge >= 0.3 is 0 Å². The molecule has 0 aromatic heterocycles. The summed E-state index contributed by atoms with van der Waals surface area (Å²) in [4.78, 5) is 28.9. The van der Waals surface area contributed by atoms with Crippen LogP contribution in [0.25, 0.3) is 0 Å². The molecule has 2 atom stereocenters. The molecule has 0 bridgehead atoms. The normalized spacial score (nSPS) is 25.2. The van der Waals surface area contributed by atoms with Crippen LogP contribution in [0.2, 0.25) is 0 Å². The average molecular weight is 436 g/mol. The zero-order valence-corrected chi connectivity index (χ0v) is 18.4. The summed E-state index contributed by atoms with van der Waals surface area (Å²) in [5, 5.41) is 0. The first-order valence-corrected chi connectivity index (χ1v) is 12.0. The summed E-state index contributed by atoms with van der Waals surface area (Å²) in [7, 11) is -3.63. The Morgan fingerprint density at radius 2 is 1.80 bits per heavy atom. The molecule has 0 aliphatic carbocycles. The Bertz CT molecular complexity index is 932. The van der Waals surface area contributed by atoms with Gasteiger partial charge in [0.2, 0.25) is 15.9 Å². The van der Waals surface area contributed by atoms with Crippen LogP contribution in [-0.4, -0.2) is 68.8 Å². The minimum absolute atomic E-state index is 0.109. The average Bonchev–Trinajstić information content (AvgIpc) is 3.24. The summed E-state index contributed by atoms with van der Waals surface area (Å²) in [6.07, 6.45) is 2.78. The van der Waals surface area contributed by atoms with E-state index in [1.807, 2.05) is 4.90 Å². The van der Waals surface area contributed by atoms with Gasteiger partial charge in [-0.05, 0) is 49.3 Å². The molecule has 4 rings (SSSR count). The molecule has 164 valence electrons. The second kappa shape index (κ2) is 8.19. The van der Waals surface area contributed by atoms with Gasteiger partial charge in [0.05, 0.1) is 10.6 Å². The van der Waals surface area contributed by atoms with Crippen LogP contribution >= 0.6 is 0 Å². The Hall–Kier alpha value is -2.13. The number of sulfonamides is 1. The third-order valence-corrected chi connectivity index (χ3v) is 7.99. The number of nitrogens with zero attached hydrogens (tertiary/aromatic N) is 3. The van der Waals surface area contributed by atoms with Crippen molar-refractivity contribution in [2.24, 2.45) is 11.8 Å². The lowest BCUT2D eigenvalue weighted by Crippen LogP contribution is -2.50. The van der Waals surface area contributed by atoms with Gasteiger partial charge in [-0.15, -0.1) is 0 Å². The second-order valence-electron chi connectivity index (χ2n) is 8.75. The van der Waals surface area contributed by atoms with Gasteiger partial charge < -0.3 is 9.64 Å². The highest BCUT2D eigenvalue weighted by atomic mass is 32.2. The van der Waals surface area contributed by atoms with Crippen LogP contribution in [0.4, 0.5) is 5.69 Å². The van der Waals surface area contributed by atoms with Gasteiger partial charge in [-0.3, -0.25) is 14.5 Å². The Labute approximate surface area is 177 Å². The maximum Gasteiger partial charge on any atom is 0.265 e. The fraction of sp³-hybridized carbons (Fsp3) is 0.619. The van der Waals surface area contributed by atoms with Crippen molar-refractivity contribution in [2.75, 3.05) is 44.2 Å². The molecular weight excluding hydrogens is 406 g/mol. The Morgan fingerprint density at radius 1 is 1.13 bits per heavy atom. The molecular formula is C21H29N3O5S. The van der Waals surface area contributed by atoms with Gasteiger partial charge in [-0.1, -0.05) is 13.8 Å². The summed E-state index contributed by atoms with van der Waals surface area (Å²) in [5.74, 6) is 0.792. The van der Waals surface area contributed by atoms with Crippen molar-refractivity contribution in [1.29, 1.82) is 0 Å². The van der Waals surface area contributed by atoms with E-state index in [-0.39, 0.29) is 29.9 Å². The molecule has 1 aromatic carbocycles. The molecule has 2 fully saturated rings. The highest BCUT2D eigenvalue weighted by Crippen LogP contribution is 2.35. The molecule has 0 radical (unpaired) electrons. The van der Waals surface area contributed by atoms with E-state index in [1.165, 1.54) is 21.3 Å². The molecule has 0 saturated carbocycles. The standard InChI is InChI=1S/C21H29N3O5S/c1-15-9-16(2)12-22(11-15)20(25)13-24-18-10-17(5-6-19(18)29-14-21(24)26)30(27,28)23-7-3-4-8-23/h5-6,10,15-16H,3-4,7-9,11-14H2,1-2H3/t15-,16-/m0/s1. The molecule has 2 amide bonds. The predicted molar refractivity (Wildman–Crippen MR) is 112 cm³/mol. The highest BCUT2D eigenvalue weighted by molar-refractivity contribution is 7.89. The summed E-state index contributed by atoms with van der Waals surface area (Å²) in [6.45, 7) is 6.34. The molecule has 8 nitrogen and oxygen atoms in total. The number of fused-ring (bicyclic) bond motifs is 1. The third kappa shape index (κ3) is 4.05. The quantitative estimate of drug-likeness (QED) is 0.718. The number of rotatable bonds is 4. The van der Waals surface area contributed by atoms with E-state index in [4.69, 9.17) is 4.74 Å². The zero-order valence-electron chi connectivity index (χ0n) is 17.5. The highest BCUT2D eigenvalue weighted by Gasteiger charge is 2.34. The van der Waals surface area contributed by atoms with Crippen molar-refractivity contribution in [3.05, 3.63) is 18.2 Å². The summed E-state index contributed by atoms with van der Waals surface area (Å²) in [5.41, 5.74) is 0.345. The first-order valence-electron chi connectivity index (χ1n) is 10.6. The van der Waals surface area contributed by atoms with Gasteiger partial charge in [-0.2, -0.15) is 4.31 Å². The van der Waals surface area contributed by atoms with Gasteiger partial charge in [-0.25, -0.2) is 8.42 Å². The number of benzene rings is 1. The molecule has 3 aliphatic rings. The monoisotopic (exact) mass is 435 g/mol. The fourth-order valence-electron chi connectivity index (χ4n) is 4.70. The number of carbonyl (C=O) groups excluding carboxylic acids is 2. The summed E-state index contributed by atoms with van der Waals surface area (Å²) < 4.78 is 32.9. The maximum absolute atomic E-state index is 13.0. The largest absolute Gasteiger partial charge is 0.482 e. The lowest BCUT2D eigenvalue weighted by atomic mass is 9.92. The van der Waals surface area contributed by atoms with E-state index < -0.39 is 10.0 Å². The number of hydrogen-bond acceptors (Lipinski definition) is 5. The summed E-state index contributed by atoms with van der Waals surface area (Å²) >= 11 is 0. The predicted octanol–water partition coefficient (Wildman–Crippen LogP) is 1.70. The Balaban J connectivity index is 1.60. The Kier molecular flexibility index (Phi) is 5.76. The van der Waals surface area contributed by atoms with Gasteiger partial charge in [0, 0.05) is 26.2 Å². The molecule has 3 aliphatic heterocycles. The van der Waals surface area contributed by atoms with Crippen molar-refractivity contribution in [3.8, 4) is 5.75 Å². The van der Waals surface area contributed by atoms with Crippen LogP contribution in [0.3, 0.4) is 0 Å². The number of anilines is 1. The van der Waals surface area contributed by atoms with Crippen LogP contribution in [0.5, 0.6) is 5.75 Å². The fourth-order valence-corrected chi connectivity index (χ4v) is 6.23. The van der Waals surface area contributed by atoms with Gasteiger partial charge in [0.15, 0.2) is 6.61 Å². The van der Waals surface area contributed by atoms with Crippen molar-refractivity contribution < 1.29 is 22.7 Å². The van der Waals surface area contributed by atoms with E-state index in [9.17, 15) is 18.0 Å². The number of carbonyl (C=O) groups is 2. The molecule has 2 saturated heterocycles. The van der Waals surface area contributed by atoms with Crippen molar-refractivity contribution >= 4 is 27.5 Å². The minimum Gasteiger partial charge on any atom is -0.482 e. The molecule has 9 heteroatoms.